The summed E-state index contributed by atoms with van der Waals surface area (Å²) in [6, 6.07) is 6.98. The number of alkyl halides is 3. The molecule has 25 heavy (non-hydrogen) atoms. The molecule has 1 N–H and O–H groups in total. The number of amides is 1. The average molecular weight is 373 g/mol. The van der Waals surface area contributed by atoms with Gasteiger partial charge < -0.3 is 9.88 Å². The Morgan fingerprint density at radius 2 is 1.80 bits per heavy atom. The number of thioether (sulfide) groups is 1. The van der Waals surface area contributed by atoms with Crippen LogP contribution < -0.4 is 16.4 Å². The summed E-state index contributed by atoms with van der Waals surface area (Å²) in [5.74, 6) is -0.576. The molecule has 1 heterocycles. The monoisotopic (exact) mass is 373 g/mol. The van der Waals surface area contributed by atoms with Crippen LogP contribution in [0.3, 0.4) is 0 Å². The van der Waals surface area contributed by atoms with E-state index in [1.165, 1.54) is 11.8 Å². The first-order valence-corrected chi connectivity index (χ1v) is 8.22. The van der Waals surface area contributed by atoms with Crippen LogP contribution in [0.15, 0.2) is 51.1 Å². The Kier molecular flexibility index (Phi) is 5.73. The molecular formula is C15H14F3N3O3S. The molecule has 0 atom stereocenters. The molecule has 6 nitrogen and oxygen atoms in total. The van der Waals surface area contributed by atoms with Gasteiger partial charge in [0.25, 0.3) is 0 Å². The van der Waals surface area contributed by atoms with Crippen molar-refractivity contribution < 1.29 is 18.0 Å². The van der Waals surface area contributed by atoms with Gasteiger partial charge in [-0.25, -0.2) is 0 Å². The Hall–Kier alpha value is -2.49. The summed E-state index contributed by atoms with van der Waals surface area (Å²) in [4.78, 5) is 36.4. The number of halogens is 3. The van der Waals surface area contributed by atoms with Crippen molar-refractivity contribution >= 4 is 23.4 Å². The molecule has 0 bridgehead atoms. The molecule has 10 heteroatoms. The third kappa shape index (κ3) is 5.24. The molecule has 1 aromatic carbocycles. The molecule has 2 rings (SSSR count). The Morgan fingerprint density at radius 1 is 1.16 bits per heavy atom. The highest BCUT2D eigenvalue weighted by molar-refractivity contribution is 7.98. The molecule has 0 saturated carbocycles. The third-order valence-electron chi connectivity index (χ3n) is 3.15. The van der Waals surface area contributed by atoms with Crippen molar-refractivity contribution in [3.8, 4) is 0 Å². The van der Waals surface area contributed by atoms with Crippen molar-refractivity contribution in [2.45, 2.75) is 24.2 Å². The SMILES string of the molecule is CSc1cccc(NC(=O)Cn2ccn(CC(F)(F)F)c(=O)c2=O)c1. The summed E-state index contributed by atoms with van der Waals surface area (Å²) >= 11 is 1.48. The maximum atomic E-state index is 12.3. The van der Waals surface area contributed by atoms with E-state index in [0.29, 0.717) is 5.69 Å². The Morgan fingerprint density at radius 3 is 2.44 bits per heavy atom. The maximum absolute atomic E-state index is 12.3. The lowest BCUT2D eigenvalue weighted by Crippen LogP contribution is -2.43. The van der Waals surface area contributed by atoms with Gasteiger partial charge in [-0.3, -0.25) is 19.0 Å². The number of carbonyl (C=O) groups excluding carboxylic acids is 1. The molecule has 0 aliphatic rings. The topological polar surface area (TPSA) is 73.1 Å². The van der Waals surface area contributed by atoms with E-state index in [9.17, 15) is 27.6 Å². The minimum Gasteiger partial charge on any atom is -0.324 e. The third-order valence-corrected chi connectivity index (χ3v) is 3.87. The predicted octanol–water partition coefficient (Wildman–Crippen LogP) is 1.93. The molecule has 0 aliphatic heterocycles. The number of hydrogen-bond acceptors (Lipinski definition) is 4. The first kappa shape index (κ1) is 18.8. The minimum absolute atomic E-state index is 0.263. The highest BCUT2D eigenvalue weighted by Crippen LogP contribution is 2.19. The van der Waals surface area contributed by atoms with Crippen LogP contribution in [0.5, 0.6) is 0 Å². The van der Waals surface area contributed by atoms with Gasteiger partial charge in [0.2, 0.25) is 5.91 Å². The number of aromatic nitrogens is 2. The van der Waals surface area contributed by atoms with E-state index in [1.807, 2.05) is 12.3 Å². The second-order valence-electron chi connectivity index (χ2n) is 5.06. The van der Waals surface area contributed by atoms with E-state index in [0.717, 1.165) is 21.9 Å². The van der Waals surface area contributed by atoms with E-state index < -0.39 is 36.3 Å². The largest absolute Gasteiger partial charge is 0.406 e. The highest BCUT2D eigenvalue weighted by Gasteiger charge is 2.28. The van der Waals surface area contributed by atoms with Crippen molar-refractivity contribution in [3.05, 3.63) is 57.4 Å². The van der Waals surface area contributed by atoms with Crippen LogP contribution in [-0.4, -0.2) is 27.5 Å². The van der Waals surface area contributed by atoms with Crippen LogP contribution in [-0.2, 0) is 17.9 Å². The summed E-state index contributed by atoms with van der Waals surface area (Å²) in [5, 5.41) is 2.56. The van der Waals surface area contributed by atoms with Crippen molar-refractivity contribution in [2.24, 2.45) is 0 Å². The summed E-state index contributed by atoms with van der Waals surface area (Å²) < 4.78 is 38.0. The van der Waals surface area contributed by atoms with Crippen molar-refractivity contribution in [2.75, 3.05) is 11.6 Å². The minimum atomic E-state index is -4.62. The van der Waals surface area contributed by atoms with Gasteiger partial charge in [-0.2, -0.15) is 13.2 Å². The molecule has 134 valence electrons. The van der Waals surface area contributed by atoms with Crippen LogP contribution in [0.25, 0.3) is 0 Å². The van der Waals surface area contributed by atoms with Crippen molar-refractivity contribution in [3.63, 3.8) is 0 Å². The summed E-state index contributed by atoms with van der Waals surface area (Å²) in [5.41, 5.74) is -2.02. The van der Waals surface area contributed by atoms with Crippen LogP contribution in [0, 0.1) is 0 Å². The van der Waals surface area contributed by atoms with Gasteiger partial charge in [0, 0.05) is 23.0 Å². The summed E-state index contributed by atoms with van der Waals surface area (Å²) in [6.45, 7) is -2.04. The van der Waals surface area contributed by atoms with Gasteiger partial charge in [0.1, 0.15) is 13.1 Å². The standard InChI is InChI=1S/C15H14F3N3O3S/c1-25-11-4-2-3-10(7-11)19-12(22)8-20-5-6-21(9-15(16,17)18)14(24)13(20)23/h2-7H,8-9H2,1H3,(H,19,22). The van der Waals surface area contributed by atoms with E-state index in [1.54, 1.807) is 18.2 Å². The molecule has 0 saturated heterocycles. The Balaban J connectivity index is 2.14. The molecule has 0 aliphatic carbocycles. The zero-order valence-corrected chi connectivity index (χ0v) is 13.9. The fourth-order valence-electron chi connectivity index (χ4n) is 2.04. The van der Waals surface area contributed by atoms with Gasteiger partial charge in [0.15, 0.2) is 0 Å². The van der Waals surface area contributed by atoms with Crippen molar-refractivity contribution in [1.82, 2.24) is 9.13 Å². The second kappa shape index (κ2) is 7.60. The highest BCUT2D eigenvalue weighted by atomic mass is 32.2. The van der Waals surface area contributed by atoms with E-state index in [2.05, 4.69) is 5.32 Å². The van der Waals surface area contributed by atoms with Crippen LogP contribution in [0.4, 0.5) is 18.9 Å². The van der Waals surface area contributed by atoms with E-state index in [4.69, 9.17) is 0 Å². The van der Waals surface area contributed by atoms with Gasteiger partial charge in [-0.15, -0.1) is 11.8 Å². The average Bonchev–Trinajstić information content (AvgIpc) is 2.53. The number of nitrogens with one attached hydrogen (secondary N) is 1. The maximum Gasteiger partial charge on any atom is 0.406 e. The smallest absolute Gasteiger partial charge is 0.324 e. The number of carbonyl (C=O) groups is 1. The summed E-state index contributed by atoms with van der Waals surface area (Å²) in [6.07, 6.45) is -0.940. The fraction of sp³-hybridized carbons (Fsp3) is 0.267. The Bertz CT molecular complexity index is 890. The molecular weight excluding hydrogens is 359 g/mol. The number of anilines is 1. The molecule has 0 unspecified atom stereocenters. The lowest BCUT2D eigenvalue weighted by Gasteiger charge is -2.11. The summed E-state index contributed by atoms with van der Waals surface area (Å²) in [7, 11) is 0. The van der Waals surface area contributed by atoms with Gasteiger partial charge in [0.05, 0.1) is 0 Å². The van der Waals surface area contributed by atoms with Gasteiger partial charge in [-0.1, -0.05) is 6.07 Å². The lowest BCUT2D eigenvalue weighted by molar-refractivity contribution is -0.141. The molecule has 1 aromatic heterocycles. The van der Waals surface area contributed by atoms with E-state index in [-0.39, 0.29) is 4.57 Å². The Labute approximate surface area is 144 Å². The molecule has 1 amide bonds. The number of nitrogens with zero attached hydrogens (tertiary/aromatic N) is 2. The normalized spacial score (nSPS) is 11.4. The lowest BCUT2D eigenvalue weighted by atomic mass is 10.3. The molecule has 0 radical (unpaired) electrons. The predicted molar refractivity (Wildman–Crippen MR) is 87.9 cm³/mol. The zero-order chi connectivity index (χ0) is 18.6. The fourth-order valence-corrected chi connectivity index (χ4v) is 2.50. The van der Waals surface area contributed by atoms with Crippen LogP contribution in [0.2, 0.25) is 0 Å². The second-order valence-corrected chi connectivity index (χ2v) is 5.94. The number of hydrogen-bond donors (Lipinski definition) is 1. The van der Waals surface area contributed by atoms with Gasteiger partial charge >= 0.3 is 17.3 Å². The molecule has 2 aromatic rings. The molecule has 0 spiro atoms. The van der Waals surface area contributed by atoms with Crippen LogP contribution >= 0.6 is 11.8 Å². The quantitative estimate of drug-likeness (QED) is 0.642. The molecule has 0 fully saturated rings. The first-order valence-electron chi connectivity index (χ1n) is 7.00. The number of rotatable bonds is 5. The first-order chi connectivity index (χ1) is 11.7. The zero-order valence-electron chi connectivity index (χ0n) is 13.0. The van der Waals surface area contributed by atoms with Crippen molar-refractivity contribution in [1.29, 1.82) is 0 Å². The van der Waals surface area contributed by atoms with Crippen LogP contribution in [0.1, 0.15) is 0 Å². The van der Waals surface area contributed by atoms with Gasteiger partial charge in [-0.05, 0) is 24.5 Å². The van der Waals surface area contributed by atoms with E-state index >= 15 is 0 Å². The number of benzene rings is 1.